The van der Waals surface area contributed by atoms with Crippen molar-refractivity contribution < 1.29 is 0 Å². The lowest BCUT2D eigenvalue weighted by Crippen LogP contribution is -2.45. The maximum Gasteiger partial charge on any atom is 0.0175 e. The second-order valence-corrected chi connectivity index (χ2v) is 5.71. The van der Waals surface area contributed by atoms with Gasteiger partial charge in [-0.25, -0.2) is 0 Å². The van der Waals surface area contributed by atoms with Crippen LogP contribution in [0.4, 0.5) is 0 Å². The van der Waals surface area contributed by atoms with Gasteiger partial charge in [0, 0.05) is 16.4 Å². The lowest BCUT2D eigenvalue weighted by Gasteiger charge is -2.40. The summed E-state index contributed by atoms with van der Waals surface area (Å²) < 4.78 is 1.14. The zero-order chi connectivity index (χ0) is 11.6. The van der Waals surface area contributed by atoms with Gasteiger partial charge in [0.05, 0.1) is 0 Å². The molecule has 1 aromatic rings. The van der Waals surface area contributed by atoms with E-state index in [0.717, 1.165) is 24.1 Å². The molecule has 0 spiro atoms. The van der Waals surface area contributed by atoms with E-state index in [1.165, 1.54) is 18.4 Å². The van der Waals surface area contributed by atoms with Crippen molar-refractivity contribution in [2.24, 2.45) is 5.73 Å². The Morgan fingerprint density at radius 3 is 2.31 bits per heavy atom. The predicted molar refractivity (Wildman–Crippen MR) is 71.6 cm³/mol. The molecule has 0 saturated carbocycles. The predicted octanol–water partition coefficient (Wildman–Crippen LogP) is 2.37. The SMILES string of the molecule is CN1CCC(CN)(c2ccc(Br)cc2)CC1. The van der Waals surface area contributed by atoms with Gasteiger partial charge in [0.2, 0.25) is 0 Å². The van der Waals surface area contributed by atoms with Gasteiger partial charge in [-0.15, -0.1) is 0 Å². The molecule has 1 fully saturated rings. The Bertz CT molecular complexity index is 339. The summed E-state index contributed by atoms with van der Waals surface area (Å²) >= 11 is 3.48. The molecule has 1 saturated heterocycles. The Morgan fingerprint density at radius 2 is 1.81 bits per heavy atom. The topological polar surface area (TPSA) is 29.3 Å². The van der Waals surface area contributed by atoms with Gasteiger partial charge in [-0.1, -0.05) is 28.1 Å². The van der Waals surface area contributed by atoms with Gasteiger partial charge in [-0.05, 0) is 50.7 Å². The second kappa shape index (κ2) is 4.86. The minimum absolute atomic E-state index is 0.202. The molecule has 1 aliphatic heterocycles. The summed E-state index contributed by atoms with van der Waals surface area (Å²) in [5.41, 5.74) is 7.62. The van der Waals surface area contributed by atoms with Crippen LogP contribution in [0.5, 0.6) is 0 Å². The Hall–Kier alpha value is -0.380. The maximum atomic E-state index is 6.02. The molecule has 0 aromatic heterocycles. The molecule has 1 aromatic carbocycles. The Morgan fingerprint density at radius 1 is 1.25 bits per heavy atom. The standard InChI is InChI=1S/C13H19BrN2/c1-16-8-6-13(10-15,7-9-16)11-2-4-12(14)5-3-11/h2-5H,6-10,15H2,1H3. The number of nitrogens with two attached hydrogens (primary N) is 1. The highest BCUT2D eigenvalue weighted by molar-refractivity contribution is 9.10. The normalized spacial score (nSPS) is 20.9. The van der Waals surface area contributed by atoms with E-state index in [1.54, 1.807) is 0 Å². The number of piperidine rings is 1. The lowest BCUT2D eigenvalue weighted by molar-refractivity contribution is 0.191. The molecular weight excluding hydrogens is 264 g/mol. The fourth-order valence-electron chi connectivity index (χ4n) is 2.46. The van der Waals surface area contributed by atoms with Gasteiger partial charge in [-0.2, -0.15) is 0 Å². The minimum atomic E-state index is 0.202. The molecule has 0 amide bonds. The summed E-state index contributed by atoms with van der Waals surface area (Å²) in [4.78, 5) is 2.38. The van der Waals surface area contributed by atoms with E-state index in [0.29, 0.717) is 0 Å². The maximum absolute atomic E-state index is 6.02. The molecule has 16 heavy (non-hydrogen) atoms. The molecule has 1 aliphatic rings. The zero-order valence-corrected chi connectivity index (χ0v) is 11.3. The van der Waals surface area contributed by atoms with Gasteiger partial charge >= 0.3 is 0 Å². The molecule has 0 aliphatic carbocycles. The molecule has 2 N–H and O–H groups in total. The van der Waals surface area contributed by atoms with Crippen molar-refractivity contribution in [2.75, 3.05) is 26.7 Å². The molecule has 2 nitrogen and oxygen atoms in total. The van der Waals surface area contributed by atoms with Gasteiger partial charge in [-0.3, -0.25) is 0 Å². The van der Waals surface area contributed by atoms with Crippen molar-refractivity contribution in [3.8, 4) is 0 Å². The molecule has 0 unspecified atom stereocenters. The Balaban J connectivity index is 2.24. The van der Waals surface area contributed by atoms with E-state index in [-0.39, 0.29) is 5.41 Å². The Kier molecular flexibility index (Phi) is 3.67. The number of halogens is 1. The quantitative estimate of drug-likeness (QED) is 0.903. The first-order valence-corrected chi connectivity index (χ1v) is 6.60. The van der Waals surface area contributed by atoms with Crippen LogP contribution in [-0.4, -0.2) is 31.6 Å². The molecule has 1 heterocycles. The van der Waals surface area contributed by atoms with Crippen molar-refractivity contribution in [3.05, 3.63) is 34.3 Å². The number of hydrogen-bond donors (Lipinski definition) is 1. The average molecular weight is 283 g/mol. The van der Waals surface area contributed by atoms with Crippen molar-refractivity contribution in [2.45, 2.75) is 18.3 Å². The minimum Gasteiger partial charge on any atom is -0.330 e. The van der Waals surface area contributed by atoms with Crippen LogP contribution in [0, 0.1) is 0 Å². The van der Waals surface area contributed by atoms with Crippen molar-refractivity contribution in [3.63, 3.8) is 0 Å². The smallest absolute Gasteiger partial charge is 0.0175 e. The first-order valence-electron chi connectivity index (χ1n) is 5.81. The van der Waals surface area contributed by atoms with Gasteiger partial charge in [0.15, 0.2) is 0 Å². The lowest BCUT2D eigenvalue weighted by atomic mass is 9.73. The number of nitrogens with zero attached hydrogens (tertiary/aromatic N) is 1. The highest BCUT2D eigenvalue weighted by Crippen LogP contribution is 2.34. The van der Waals surface area contributed by atoms with Crippen LogP contribution in [0.25, 0.3) is 0 Å². The van der Waals surface area contributed by atoms with Crippen molar-refractivity contribution in [1.29, 1.82) is 0 Å². The summed E-state index contributed by atoms with van der Waals surface area (Å²) in [6.45, 7) is 3.04. The molecule has 0 atom stereocenters. The molecule has 3 heteroatoms. The van der Waals surface area contributed by atoms with Crippen molar-refractivity contribution in [1.82, 2.24) is 4.90 Å². The van der Waals surface area contributed by atoms with Gasteiger partial charge in [0.25, 0.3) is 0 Å². The summed E-state index contributed by atoms with van der Waals surface area (Å²) in [6.07, 6.45) is 2.34. The Labute approximate surface area is 106 Å². The van der Waals surface area contributed by atoms with Crippen LogP contribution in [0.2, 0.25) is 0 Å². The zero-order valence-electron chi connectivity index (χ0n) is 9.75. The third-order valence-electron chi connectivity index (χ3n) is 3.79. The van der Waals surface area contributed by atoms with E-state index >= 15 is 0 Å². The van der Waals surface area contributed by atoms with E-state index in [4.69, 9.17) is 5.73 Å². The number of hydrogen-bond acceptors (Lipinski definition) is 2. The first-order chi connectivity index (χ1) is 7.66. The van der Waals surface area contributed by atoms with E-state index in [2.05, 4.69) is 52.1 Å². The molecule has 0 bridgehead atoms. The van der Waals surface area contributed by atoms with Gasteiger partial charge < -0.3 is 10.6 Å². The molecule has 0 radical (unpaired) electrons. The summed E-state index contributed by atoms with van der Waals surface area (Å²) in [7, 11) is 2.18. The number of likely N-dealkylation sites (tertiary alicyclic amines) is 1. The molecule has 88 valence electrons. The average Bonchev–Trinajstić information content (AvgIpc) is 2.32. The van der Waals surface area contributed by atoms with E-state index in [1.807, 2.05) is 0 Å². The molecular formula is C13H19BrN2. The number of rotatable bonds is 2. The van der Waals surface area contributed by atoms with Crippen LogP contribution in [-0.2, 0) is 5.41 Å². The summed E-state index contributed by atoms with van der Waals surface area (Å²) in [6, 6.07) is 8.65. The monoisotopic (exact) mass is 282 g/mol. The second-order valence-electron chi connectivity index (χ2n) is 4.79. The first kappa shape index (κ1) is 12.1. The molecule has 2 rings (SSSR count). The third-order valence-corrected chi connectivity index (χ3v) is 4.32. The summed E-state index contributed by atoms with van der Waals surface area (Å²) in [5, 5.41) is 0. The third kappa shape index (κ3) is 2.31. The van der Waals surface area contributed by atoms with Crippen LogP contribution in [0.15, 0.2) is 28.7 Å². The number of benzene rings is 1. The van der Waals surface area contributed by atoms with Crippen LogP contribution >= 0.6 is 15.9 Å². The largest absolute Gasteiger partial charge is 0.330 e. The summed E-state index contributed by atoms with van der Waals surface area (Å²) in [5.74, 6) is 0. The van der Waals surface area contributed by atoms with Gasteiger partial charge in [0.1, 0.15) is 0 Å². The van der Waals surface area contributed by atoms with Crippen molar-refractivity contribution >= 4 is 15.9 Å². The van der Waals surface area contributed by atoms with E-state index in [9.17, 15) is 0 Å². The highest BCUT2D eigenvalue weighted by Gasteiger charge is 2.33. The van der Waals surface area contributed by atoms with Crippen LogP contribution in [0.1, 0.15) is 18.4 Å². The van der Waals surface area contributed by atoms with E-state index < -0.39 is 0 Å². The fraction of sp³-hybridized carbons (Fsp3) is 0.538. The van der Waals surface area contributed by atoms with Crippen LogP contribution in [0.3, 0.4) is 0 Å². The fourth-order valence-corrected chi connectivity index (χ4v) is 2.72. The highest BCUT2D eigenvalue weighted by atomic mass is 79.9. The van der Waals surface area contributed by atoms with Crippen LogP contribution < -0.4 is 5.73 Å².